The number of aromatic hydroxyl groups is 1. The number of nitrogens with zero attached hydrogens (tertiary/aromatic N) is 1. The van der Waals surface area contributed by atoms with Gasteiger partial charge in [-0.05, 0) is 30.7 Å². The van der Waals surface area contributed by atoms with Gasteiger partial charge in [-0.2, -0.15) is 0 Å². The molecule has 0 aromatic heterocycles. The zero-order valence-electron chi connectivity index (χ0n) is 12.5. The zero-order chi connectivity index (χ0) is 16.2. The van der Waals surface area contributed by atoms with Crippen LogP contribution in [0.15, 0.2) is 59.3 Å². The number of rotatable bonds is 4. The Labute approximate surface area is 133 Å². The third-order valence-corrected chi connectivity index (χ3v) is 3.34. The summed E-state index contributed by atoms with van der Waals surface area (Å²) in [5, 5.41) is 13.6. The van der Waals surface area contributed by atoms with Crippen molar-refractivity contribution in [2.45, 2.75) is 6.92 Å². The van der Waals surface area contributed by atoms with Crippen LogP contribution in [0.4, 0.5) is 0 Å². The van der Waals surface area contributed by atoms with Crippen LogP contribution >= 0.6 is 0 Å². The quantitative estimate of drug-likeness (QED) is 0.696. The topological polar surface area (TPSA) is 68.1 Å². The maximum atomic E-state index is 12.0. The van der Waals surface area contributed by atoms with E-state index in [4.69, 9.17) is 9.57 Å². The molecule has 0 amide bonds. The number of ether oxygens (including phenoxy) is 1. The van der Waals surface area contributed by atoms with Crippen molar-refractivity contribution in [2.24, 2.45) is 5.16 Å². The molecule has 0 bridgehead atoms. The maximum Gasteiger partial charge on any atom is 0.368 e. The summed E-state index contributed by atoms with van der Waals surface area (Å²) in [7, 11) is 0. The minimum absolute atomic E-state index is 0.0555. The molecule has 0 saturated heterocycles. The molecule has 1 heterocycles. The van der Waals surface area contributed by atoms with E-state index in [1.165, 1.54) is 6.07 Å². The van der Waals surface area contributed by atoms with Gasteiger partial charge in [-0.3, -0.25) is 0 Å². The summed E-state index contributed by atoms with van der Waals surface area (Å²) in [6, 6.07) is 14.2. The Bertz CT molecular complexity index is 794. The lowest BCUT2D eigenvalue weighted by Crippen LogP contribution is -2.06. The van der Waals surface area contributed by atoms with Gasteiger partial charge in [-0.15, -0.1) is 0 Å². The summed E-state index contributed by atoms with van der Waals surface area (Å²) < 4.78 is 5.35. The monoisotopic (exact) mass is 309 g/mol. The molecule has 3 rings (SSSR count). The number of phenolic OH excluding ortho intramolecular Hbond substituents is 1. The maximum absolute atomic E-state index is 12.0. The molecule has 0 atom stereocenters. The molecule has 0 radical (unpaired) electrons. The van der Waals surface area contributed by atoms with Crippen LogP contribution in [-0.2, 0) is 9.63 Å². The van der Waals surface area contributed by atoms with Gasteiger partial charge in [-0.25, -0.2) is 4.79 Å². The molecule has 0 saturated carbocycles. The second-order valence-corrected chi connectivity index (χ2v) is 4.90. The lowest BCUT2D eigenvalue weighted by Gasteiger charge is -2.07. The highest BCUT2D eigenvalue weighted by molar-refractivity contribution is 6.31. The molecule has 0 fully saturated rings. The Hall–Kier alpha value is -3.08. The Morgan fingerprint density at radius 2 is 2.00 bits per heavy atom. The molecule has 1 N–H and O–H groups in total. The van der Waals surface area contributed by atoms with E-state index in [9.17, 15) is 9.90 Å². The summed E-state index contributed by atoms with van der Waals surface area (Å²) >= 11 is 0. The van der Waals surface area contributed by atoms with Gasteiger partial charge in [0.2, 0.25) is 0 Å². The average molecular weight is 309 g/mol. The number of benzene rings is 2. The Balaban J connectivity index is 1.99. The number of oxime groups is 1. The molecular weight excluding hydrogens is 294 g/mol. The summed E-state index contributed by atoms with van der Waals surface area (Å²) in [6.45, 7) is 2.27. The van der Waals surface area contributed by atoms with Gasteiger partial charge in [0.1, 0.15) is 5.71 Å². The van der Waals surface area contributed by atoms with Crippen molar-refractivity contribution in [3.8, 4) is 11.5 Å². The van der Waals surface area contributed by atoms with Crippen molar-refractivity contribution in [3.05, 3.63) is 65.2 Å². The van der Waals surface area contributed by atoms with E-state index < -0.39 is 5.97 Å². The van der Waals surface area contributed by atoms with E-state index in [1.54, 1.807) is 18.2 Å². The van der Waals surface area contributed by atoms with Crippen molar-refractivity contribution in [3.63, 3.8) is 0 Å². The highest BCUT2D eigenvalue weighted by Gasteiger charge is 2.26. The minimum atomic E-state index is -0.505. The molecule has 23 heavy (non-hydrogen) atoms. The van der Waals surface area contributed by atoms with Crippen LogP contribution < -0.4 is 4.74 Å². The molecule has 0 spiro atoms. The lowest BCUT2D eigenvalue weighted by molar-refractivity contribution is -0.136. The third-order valence-electron chi connectivity index (χ3n) is 3.34. The second kappa shape index (κ2) is 6.36. The normalized spacial score (nSPS) is 15.4. The Morgan fingerprint density at radius 3 is 2.74 bits per heavy atom. The van der Waals surface area contributed by atoms with Crippen molar-refractivity contribution in [2.75, 3.05) is 6.61 Å². The van der Waals surface area contributed by atoms with Crippen LogP contribution in [-0.4, -0.2) is 23.4 Å². The molecule has 5 nitrogen and oxygen atoms in total. The van der Waals surface area contributed by atoms with Gasteiger partial charge >= 0.3 is 5.97 Å². The first kappa shape index (κ1) is 14.8. The van der Waals surface area contributed by atoms with Crippen LogP contribution in [0.3, 0.4) is 0 Å². The van der Waals surface area contributed by atoms with E-state index in [1.807, 2.05) is 37.3 Å². The first-order valence-electron chi connectivity index (χ1n) is 7.21. The minimum Gasteiger partial charge on any atom is -0.504 e. The second-order valence-electron chi connectivity index (χ2n) is 4.90. The fraction of sp³-hybridized carbons (Fsp3) is 0.111. The molecule has 1 aliphatic rings. The fourth-order valence-corrected chi connectivity index (χ4v) is 2.27. The number of hydrogen-bond donors (Lipinski definition) is 1. The molecule has 1 aliphatic heterocycles. The lowest BCUT2D eigenvalue weighted by atomic mass is 10.0. The number of hydrogen-bond acceptors (Lipinski definition) is 5. The van der Waals surface area contributed by atoms with Crippen molar-refractivity contribution >= 4 is 17.8 Å². The fourth-order valence-electron chi connectivity index (χ4n) is 2.27. The molecular formula is C18H15NO4. The molecule has 2 aromatic rings. The first-order valence-corrected chi connectivity index (χ1v) is 7.21. The van der Waals surface area contributed by atoms with Gasteiger partial charge in [-0.1, -0.05) is 41.6 Å². The third kappa shape index (κ3) is 3.08. The number of phenols is 1. The van der Waals surface area contributed by atoms with Crippen LogP contribution in [0.2, 0.25) is 0 Å². The van der Waals surface area contributed by atoms with Crippen molar-refractivity contribution in [1.82, 2.24) is 0 Å². The first-order chi connectivity index (χ1) is 11.2. The zero-order valence-corrected chi connectivity index (χ0v) is 12.5. The Morgan fingerprint density at radius 1 is 1.22 bits per heavy atom. The molecule has 5 heteroatoms. The summed E-state index contributed by atoms with van der Waals surface area (Å²) in [4.78, 5) is 16.8. The van der Waals surface area contributed by atoms with Crippen LogP contribution in [0.25, 0.3) is 6.08 Å². The van der Waals surface area contributed by atoms with Gasteiger partial charge in [0.05, 0.1) is 12.2 Å². The van der Waals surface area contributed by atoms with E-state index in [0.29, 0.717) is 29.2 Å². The van der Waals surface area contributed by atoms with Crippen LogP contribution in [0, 0.1) is 0 Å². The molecule has 0 unspecified atom stereocenters. The van der Waals surface area contributed by atoms with Gasteiger partial charge < -0.3 is 14.7 Å². The van der Waals surface area contributed by atoms with Crippen LogP contribution in [0.5, 0.6) is 11.5 Å². The largest absolute Gasteiger partial charge is 0.504 e. The molecule has 116 valence electrons. The van der Waals surface area contributed by atoms with E-state index in [-0.39, 0.29) is 5.75 Å². The predicted octanol–water partition coefficient (Wildman–Crippen LogP) is 3.14. The average Bonchev–Trinajstić information content (AvgIpc) is 2.93. The number of carbonyl (C=O) groups is 1. The highest BCUT2D eigenvalue weighted by Crippen LogP contribution is 2.29. The van der Waals surface area contributed by atoms with E-state index in [0.717, 1.165) is 5.56 Å². The smallest absolute Gasteiger partial charge is 0.368 e. The number of carbonyl (C=O) groups excluding carboxylic acids is 1. The summed E-state index contributed by atoms with van der Waals surface area (Å²) in [6.07, 6.45) is 1.67. The Kier molecular flexibility index (Phi) is 4.10. The summed E-state index contributed by atoms with van der Waals surface area (Å²) in [5.41, 5.74) is 2.36. The van der Waals surface area contributed by atoms with E-state index >= 15 is 0 Å². The van der Waals surface area contributed by atoms with Gasteiger partial charge in [0, 0.05) is 5.56 Å². The SMILES string of the molecule is CCOc1cc(/C=C2\C(=O)ON=C2c2ccccc2)ccc1O. The standard InChI is InChI=1S/C18H15NO4/c1-2-22-16-11-12(8-9-15(16)20)10-14-17(19-23-18(14)21)13-6-4-3-5-7-13/h3-11,20H,2H2,1H3/b14-10-. The molecule has 2 aromatic carbocycles. The predicted molar refractivity (Wildman–Crippen MR) is 86.3 cm³/mol. The molecule has 0 aliphatic carbocycles. The highest BCUT2D eigenvalue weighted by atomic mass is 16.7. The van der Waals surface area contributed by atoms with Crippen LogP contribution in [0.1, 0.15) is 18.1 Å². The van der Waals surface area contributed by atoms with Crippen molar-refractivity contribution < 1.29 is 19.5 Å². The van der Waals surface area contributed by atoms with E-state index in [2.05, 4.69) is 5.16 Å². The van der Waals surface area contributed by atoms with Gasteiger partial charge in [0.25, 0.3) is 0 Å². The van der Waals surface area contributed by atoms with Gasteiger partial charge in [0.15, 0.2) is 11.5 Å². The summed E-state index contributed by atoms with van der Waals surface area (Å²) in [5.74, 6) is -0.0822. The van der Waals surface area contributed by atoms with Crippen molar-refractivity contribution in [1.29, 1.82) is 0 Å².